The summed E-state index contributed by atoms with van der Waals surface area (Å²) in [7, 11) is -2.05. The number of fused-ring (bicyclic) bond motifs is 2. The number of amides is 3. The molecule has 3 N–H and O–H groups in total. The van der Waals surface area contributed by atoms with Crippen LogP contribution in [0.4, 0.5) is 0 Å². The van der Waals surface area contributed by atoms with E-state index in [4.69, 9.17) is 0 Å². The monoisotopic (exact) mass is 540 g/mol. The highest BCUT2D eigenvalue weighted by Gasteiger charge is 2.58. The molecule has 200 valence electrons. The van der Waals surface area contributed by atoms with E-state index in [0.29, 0.717) is 0 Å². The summed E-state index contributed by atoms with van der Waals surface area (Å²) in [6.07, 6.45) is 2.84. The Labute approximate surface area is 219 Å². The van der Waals surface area contributed by atoms with Gasteiger partial charge in [-0.3, -0.25) is 14.4 Å². The van der Waals surface area contributed by atoms with Crippen molar-refractivity contribution < 1.29 is 22.8 Å². The van der Waals surface area contributed by atoms with Gasteiger partial charge in [0.2, 0.25) is 17.7 Å². The Kier molecular flexibility index (Phi) is 8.42. The molecule has 1 aromatic rings. The Balaban J connectivity index is 0.00000361. The average molecular weight is 541 g/mol. The number of benzene rings is 1. The molecule has 4 rings (SSSR count). The van der Waals surface area contributed by atoms with E-state index in [1.54, 1.807) is 14.0 Å². The number of sulfone groups is 1. The van der Waals surface area contributed by atoms with Crippen molar-refractivity contribution in [3.63, 3.8) is 0 Å². The van der Waals surface area contributed by atoms with Gasteiger partial charge >= 0.3 is 0 Å². The van der Waals surface area contributed by atoms with Gasteiger partial charge in [0.15, 0.2) is 9.84 Å². The van der Waals surface area contributed by atoms with Crippen LogP contribution in [0.3, 0.4) is 0 Å². The Morgan fingerprint density at radius 1 is 1.11 bits per heavy atom. The molecule has 0 aromatic heterocycles. The van der Waals surface area contributed by atoms with E-state index in [0.717, 1.165) is 24.8 Å². The number of nitrogens with one attached hydrogen (secondary N) is 3. The number of likely N-dealkylation sites (N-methyl/N-ethyl adjacent to an activating group) is 1. The third-order valence-corrected chi connectivity index (χ3v) is 9.79. The predicted octanol–water partition coefficient (Wildman–Crippen LogP) is 1.47. The van der Waals surface area contributed by atoms with Crippen molar-refractivity contribution in [1.29, 1.82) is 0 Å². The molecular formula is C25H37ClN4O5S. The van der Waals surface area contributed by atoms with Crippen LogP contribution in [0.1, 0.15) is 63.6 Å². The van der Waals surface area contributed by atoms with Crippen LogP contribution in [-0.4, -0.2) is 67.3 Å². The Morgan fingerprint density at radius 3 is 2.50 bits per heavy atom. The fourth-order valence-electron chi connectivity index (χ4n) is 5.69. The number of nitrogens with zero attached hydrogens (tertiary/aromatic N) is 1. The fraction of sp³-hybridized carbons (Fsp3) is 0.640. The zero-order chi connectivity index (χ0) is 25.5. The van der Waals surface area contributed by atoms with Crippen molar-refractivity contribution in [2.24, 2.45) is 5.41 Å². The van der Waals surface area contributed by atoms with Crippen LogP contribution in [0.25, 0.3) is 0 Å². The summed E-state index contributed by atoms with van der Waals surface area (Å²) in [5, 5.41) is 7.58. The van der Waals surface area contributed by atoms with E-state index in [9.17, 15) is 22.8 Å². The minimum absolute atomic E-state index is 0. The number of aryl methyl sites for hydroxylation is 1. The zero-order valence-corrected chi connectivity index (χ0v) is 22.9. The van der Waals surface area contributed by atoms with Crippen molar-refractivity contribution >= 4 is 40.0 Å². The van der Waals surface area contributed by atoms with Crippen molar-refractivity contribution in [2.75, 3.05) is 12.8 Å². The van der Waals surface area contributed by atoms with Gasteiger partial charge in [-0.05, 0) is 62.6 Å². The molecule has 2 aliphatic heterocycles. The summed E-state index contributed by atoms with van der Waals surface area (Å²) in [6.45, 7) is 5.33. The lowest BCUT2D eigenvalue weighted by Gasteiger charge is -2.36. The molecule has 0 bridgehead atoms. The number of halogens is 1. The number of carbonyl (C=O) groups is 3. The lowest BCUT2D eigenvalue weighted by molar-refractivity contribution is -0.144. The van der Waals surface area contributed by atoms with Gasteiger partial charge in [0.05, 0.1) is 17.8 Å². The van der Waals surface area contributed by atoms with Crippen molar-refractivity contribution in [1.82, 2.24) is 20.9 Å². The second-order valence-electron chi connectivity index (χ2n) is 10.7. The molecule has 0 radical (unpaired) electrons. The van der Waals surface area contributed by atoms with E-state index in [-0.39, 0.29) is 48.9 Å². The van der Waals surface area contributed by atoms with Crippen molar-refractivity contribution in [3.05, 3.63) is 35.4 Å². The second-order valence-corrected chi connectivity index (χ2v) is 13.0. The average Bonchev–Trinajstić information content (AvgIpc) is 3.08. The van der Waals surface area contributed by atoms with Crippen LogP contribution >= 0.6 is 12.4 Å². The summed E-state index contributed by atoms with van der Waals surface area (Å²) in [5.74, 6) is -1.47. The molecule has 1 aromatic carbocycles. The topological polar surface area (TPSA) is 125 Å². The van der Waals surface area contributed by atoms with Gasteiger partial charge in [0.25, 0.3) is 0 Å². The summed E-state index contributed by atoms with van der Waals surface area (Å²) < 4.78 is 26.4. The molecule has 1 aliphatic carbocycles. The predicted molar refractivity (Wildman–Crippen MR) is 139 cm³/mol. The fourth-order valence-corrected chi connectivity index (χ4v) is 7.78. The Hall–Kier alpha value is -2.17. The molecular weight excluding hydrogens is 504 g/mol. The lowest BCUT2D eigenvalue weighted by atomic mass is 9.83. The molecule has 2 heterocycles. The number of rotatable bonds is 5. The smallest absolute Gasteiger partial charge is 0.246 e. The zero-order valence-electron chi connectivity index (χ0n) is 21.2. The van der Waals surface area contributed by atoms with Crippen LogP contribution in [0.5, 0.6) is 0 Å². The maximum absolute atomic E-state index is 13.7. The molecule has 2 fully saturated rings. The third-order valence-electron chi connectivity index (χ3n) is 7.76. The highest BCUT2D eigenvalue weighted by Crippen LogP contribution is 2.44. The minimum atomic E-state index is -3.69. The minimum Gasteiger partial charge on any atom is -0.347 e. The second kappa shape index (κ2) is 10.7. The Bertz CT molecular complexity index is 1130. The molecule has 9 nitrogen and oxygen atoms in total. The number of hydrogen-bond donors (Lipinski definition) is 3. The first-order valence-electron chi connectivity index (χ1n) is 12.4. The summed E-state index contributed by atoms with van der Waals surface area (Å²) in [5.41, 5.74) is 1.51. The van der Waals surface area contributed by atoms with Crippen LogP contribution in [0, 0.1) is 5.41 Å². The van der Waals surface area contributed by atoms with E-state index in [1.165, 1.54) is 10.5 Å². The van der Waals surface area contributed by atoms with Gasteiger partial charge < -0.3 is 20.9 Å². The molecule has 5 atom stereocenters. The molecule has 3 aliphatic rings. The summed E-state index contributed by atoms with van der Waals surface area (Å²) >= 11 is 0. The highest BCUT2D eigenvalue weighted by atomic mass is 35.5. The van der Waals surface area contributed by atoms with Crippen LogP contribution in [0.2, 0.25) is 0 Å². The summed E-state index contributed by atoms with van der Waals surface area (Å²) in [6, 6.07) is 5.32. The largest absolute Gasteiger partial charge is 0.347 e. The van der Waals surface area contributed by atoms with Crippen LogP contribution in [-0.2, 0) is 30.6 Å². The molecule has 0 spiro atoms. The summed E-state index contributed by atoms with van der Waals surface area (Å²) in [4.78, 5) is 41.2. The van der Waals surface area contributed by atoms with Crippen LogP contribution < -0.4 is 16.0 Å². The van der Waals surface area contributed by atoms with Gasteiger partial charge in [-0.25, -0.2) is 8.42 Å². The molecule has 36 heavy (non-hydrogen) atoms. The highest BCUT2D eigenvalue weighted by molar-refractivity contribution is 7.92. The van der Waals surface area contributed by atoms with Gasteiger partial charge in [0.1, 0.15) is 17.5 Å². The maximum Gasteiger partial charge on any atom is 0.246 e. The normalized spacial score (nSPS) is 29.1. The number of hydrogen-bond acceptors (Lipinski definition) is 6. The van der Waals surface area contributed by atoms with Gasteiger partial charge in [-0.1, -0.05) is 38.1 Å². The van der Waals surface area contributed by atoms with E-state index < -0.39 is 44.7 Å². The Morgan fingerprint density at radius 2 is 1.81 bits per heavy atom. The first-order chi connectivity index (χ1) is 16.5. The molecule has 1 unspecified atom stereocenters. The van der Waals surface area contributed by atoms with Crippen molar-refractivity contribution in [3.8, 4) is 0 Å². The van der Waals surface area contributed by atoms with E-state index in [2.05, 4.69) is 22.0 Å². The SMILES string of the molecule is CNC(C)C(=O)N[C@H]1CCS(=O)(=O)[C@H]2CC(C)(C)[C@@H](C(=O)N[C@@H]3CCCc4ccccc43)N2C1=O.Cl. The first kappa shape index (κ1) is 28.4. The van der Waals surface area contributed by atoms with Crippen molar-refractivity contribution in [2.45, 2.75) is 82.4 Å². The van der Waals surface area contributed by atoms with Gasteiger partial charge in [-0.15, -0.1) is 12.4 Å². The van der Waals surface area contributed by atoms with E-state index >= 15 is 0 Å². The molecule has 3 amide bonds. The number of carbonyl (C=O) groups excluding carboxylic acids is 3. The standard InChI is InChI=1S/C25H36N4O5S.ClH/c1-15(26-4)22(30)28-19-12-13-35(33,34)20-14-25(2,3)21(29(20)24(19)32)23(31)27-18-11-7-9-16-8-5-6-10-17(16)18;/h5-6,8,10,15,18-21,26H,7,9,11-14H2,1-4H3,(H,27,31)(H,28,30);1H/t15?,18-,19+,20+,21-;/m1./s1. The van der Waals surface area contributed by atoms with Gasteiger partial charge in [-0.2, -0.15) is 0 Å². The quantitative estimate of drug-likeness (QED) is 0.519. The molecule has 11 heteroatoms. The lowest BCUT2D eigenvalue weighted by Crippen LogP contribution is -2.58. The van der Waals surface area contributed by atoms with E-state index in [1.807, 2.05) is 32.0 Å². The molecule has 0 saturated carbocycles. The maximum atomic E-state index is 13.7. The van der Waals surface area contributed by atoms with Crippen LogP contribution in [0.15, 0.2) is 24.3 Å². The first-order valence-corrected chi connectivity index (χ1v) is 14.1. The van der Waals surface area contributed by atoms with Gasteiger partial charge in [0, 0.05) is 0 Å². The molecule has 2 saturated heterocycles. The third kappa shape index (κ3) is 5.26.